The predicted octanol–water partition coefficient (Wildman–Crippen LogP) is 1.00. The van der Waals surface area contributed by atoms with Crippen LogP contribution in [0.1, 0.15) is 5.56 Å². The normalized spacial score (nSPS) is 10.9. The number of hydrogen-bond acceptors (Lipinski definition) is 3. The summed E-state index contributed by atoms with van der Waals surface area (Å²) in [6.07, 6.45) is 4.69. The van der Waals surface area contributed by atoms with Crippen molar-refractivity contribution in [3.8, 4) is 0 Å². The van der Waals surface area contributed by atoms with Crippen molar-refractivity contribution in [2.75, 3.05) is 0 Å². The van der Waals surface area contributed by atoms with E-state index >= 15 is 0 Å². The van der Waals surface area contributed by atoms with Gasteiger partial charge in [0.1, 0.15) is 0 Å². The molecule has 0 amide bonds. The molecule has 0 saturated heterocycles. The van der Waals surface area contributed by atoms with E-state index in [-0.39, 0.29) is 5.11 Å². The molecule has 0 bridgehead atoms. The number of nitrogens with one attached hydrogen (secondary N) is 1. The smallest absolute Gasteiger partial charge is 0.184 e. The lowest BCUT2D eigenvalue weighted by atomic mass is 10.2. The third-order valence-electron chi connectivity index (χ3n) is 1.30. The van der Waals surface area contributed by atoms with E-state index in [1.54, 1.807) is 24.7 Å². The molecule has 5 heteroatoms. The number of rotatable bonds is 3. The van der Waals surface area contributed by atoms with Gasteiger partial charge in [-0.3, -0.25) is 5.43 Å². The van der Waals surface area contributed by atoms with Gasteiger partial charge in [0, 0.05) is 5.56 Å². The van der Waals surface area contributed by atoms with E-state index in [0.717, 1.165) is 5.56 Å². The minimum absolute atomic E-state index is 0.114. The zero-order chi connectivity index (χ0) is 9.68. The van der Waals surface area contributed by atoms with Crippen molar-refractivity contribution < 1.29 is 4.42 Å². The molecule has 1 rings (SSSR count). The minimum atomic E-state index is 0.114. The van der Waals surface area contributed by atoms with Gasteiger partial charge >= 0.3 is 0 Å². The van der Waals surface area contributed by atoms with Crippen LogP contribution in [-0.4, -0.2) is 10.8 Å². The minimum Gasteiger partial charge on any atom is -0.472 e. The van der Waals surface area contributed by atoms with E-state index in [1.165, 1.54) is 0 Å². The van der Waals surface area contributed by atoms with Crippen LogP contribution in [0.3, 0.4) is 0 Å². The Labute approximate surface area is 81.1 Å². The van der Waals surface area contributed by atoms with Gasteiger partial charge in [0.15, 0.2) is 5.11 Å². The van der Waals surface area contributed by atoms with Crippen LogP contribution in [-0.2, 0) is 0 Å². The molecule has 0 aliphatic rings. The Morgan fingerprint density at radius 2 is 2.54 bits per heavy atom. The van der Waals surface area contributed by atoms with Gasteiger partial charge in [-0.1, -0.05) is 6.58 Å². The van der Waals surface area contributed by atoms with Crippen molar-refractivity contribution in [3.63, 3.8) is 0 Å². The van der Waals surface area contributed by atoms with Gasteiger partial charge in [0.05, 0.1) is 18.2 Å². The van der Waals surface area contributed by atoms with E-state index in [1.807, 2.05) is 0 Å². The molecule has 0 spiro atoms. The number of hydrogen-bond donors (Lipinski definition) is 2. The van der Waals surface area contributed by atoms with E-state index in [0.29, 0.717) is 5.71 Å². The number of nitrogens with two attached hydrogens (primary N) is 1. The molecule has 1 aromatic rings. The molecule has 0 saturated carbocycles. The van der Waals surface area contributed by atoms with Crippen LogP contribution >= 0.6 is 12.2 Å². The van der Waals surface area contributed by atoms with Crippen molar-refractivity contribution in [1.29, 1.82) is 0 Å². The second kappa shape index (κ2) is 4.42. The van der Waals surface area contributed by atoms with E-state index < -0.39 is 0 Å². The zero-order valence-corrected chi connectivity index (χ0v) is 7.67. The SMILES string of the molecule is C=C/C(=N\NC(N)=S)c1ccoc1. The summed E-state index contributed by atoms with van der Waals surface area (Å²) < 4.78 is 4.88. The van der Waals surface area contributed by atoms with Crippen LogP contribution in [0.4, 0.5) is 0 Å². The molecule has 3 N–H and O–H groups in total. The molecule has 0 unspecified atom stereocenters. The van der Waals surface area contributed by atoms with Crippen LogP contribution < -0.4 is 11.2 Å². The van der Waals surface area contributed by atoms with Crippen molar-refractivity contribution in [2.45, 2.75) is 0 Å². The Morgan fingerprint density at radius 1 is 1.77 bits per heavy atom. The third kappa shape index (κ3) is 2.72. The molecule has 0 aromatic carbocycles. The summed E-state index contributed by atoms with van der Waals surface area (Å²) in [5.74, 6) is 0. The molecule has 0 aliphatic heterocycles. The molecular weight excluding hydrogens is 186 g/mol. The molecule has 68 valence electrons. The lowest BCUT2D eigenvalue weighted by molar-refractivity contribution is 0.567. The fourth-order valence-electron chi connectivity index (χ4n) is 0.754. The first-order chi connectivity index (χ1) is 6.24. The Balaban J connectivity index is 2.79. The maximum atomic E-state index is 5.20. The summed E-state index contributed by atoms with van der Waals surface area (Å²) in [5, 5.41) is 4.02. The Morgan fingerprint density at radius 3 is 3.00 bits per heavy atom. The van der Waals surface area contributed by atoms with Crippen molar-refractivity contribution in [2.24, 2.45) is 10.8 Å². The number of furan rings is 1. The van der Waals surface area contributed by atoms with Gasteiger partial charge in [-0.2, -0.15) is 5.10 Å². The largest absolute Gasteiger partial charge is 0.472 e. The molecule has 13 heavy (non-hydrogen) atoms. The number of allylic oxidation sites excluding steroid dienone is 1. The van der Waals surface area contributed by atoms with Gasteiger partial charge in [-0.15, -0.1) is 0 Å². The highest BCUT2D eigenvalue weighted by Crippen LogP contribution is 2.02. The summed E-state index contributed by atoms with van der Waals surface area (Å²) in [6, 6.07) is 1.77. The zero-order valence-electron chi connectivity index (χ0n) is 6.86. The lowest BCUT2D eigenvalue weighted by Gasteiger charge is -1.98. The van der Waals surface area contributed by atoms with Gasteiger partial charge in [-0.05, 0) is 24.4 Å². The molecule has 0 atom stereocenters. The average molecular weight is 195 g/mol. The highest BCUT2D eigenvalue weighted by molar-refractivity contribution is 7.80. The first-order valence-electron chi connectivity index (χ1n) is 3.52. The first-order valence-corrected chi connectivity index (χ1v) is 3.93. The van der Waals surface area contributed by atoms with Crippen molar-refractivity contribution in [3.05, 3.63) is 36.8 Å². The summed E-state index contributed by atoms with van der Waals surface area (Å²) >= 11 is 4.59. The number of thiocarbonyl (C=S) groups is 1. The van der Waals surface area contributed by atoms with Crippen LogP contribution in [0.2, 0.25) is 0 Å². The van der Waals surface area contributed by atoms with Gasteiger partial charge < -0.3 is 10.2 Å². The summed E-state index contributed by atoms with van der Waals surface area (Å²) in [6.45, 7) is 3.60. The molecule has 0 aliphatic carbocycles. The first kappa shape index (κ1) is 9.47. The van der Waals surface area contributed by atoms with Crippen LogP contribution in [0.25, 0.3) is 0 Å². The fourth-order valence-corrected chi connectivity index (χ4v) is 0.799. The van der Waals surface area contributed by atoms with Crippen molar-refractivity contribution in [1.82, 2.24) is 5.43 Å². The Bertz CT molecular complexity index is 329. The lowest BCUT2D eigenvalue weighted by Crippen LogP contribution is -2.25. The highest BCUT2D eigenvalue weighted by atomic mass is 32.1. The average Bonchev–Trinajstić information content (AvgIpc) is 2.58. The highest BCUT2D eigenvalue weighted by Gasteiger charge is 1.99. The predicted molar refractivity (Wildman–Crippen MR) is 55.4 cm³/mol. The second-order valence-corrected chi connectivity index (χ2v) is 2.63. The van der Waals surface area contributed by atoms with Gasteiger partial charge in [0.25, 0.3) is 0 Å². The third-order valence-corrected chi connectivity index (χ3v) is 1.39. The maximum Gasteiger partial charge on any atom is 0.184 e. The summed E-state index contributed by atoms with van der Waals surface area (Å²) in [7, 11) is 0. The number of nitrogens with zero attached hydrogens (tertiary/aromatic N) is 1. The maximum absolute atomic E-state index is 5.20. The van der Waals surface area contributed by atoms with Gasteiger partial charge in [0.2, 0.25) is 0 Å². The summed E-state index contributed by atoms with van der Waals surface area (Å²) in [4.78, 5) is 0. The second-order valence-electron chi connectivity index (χ2n) is 2.19. The van der Waals surface area contributed by atoms with E-state index in [9.17, 15) is 0 Å². The molecular formula is C8H9N3OS. The molecule has 4 nitrogen and oxygen atoms in total. The van der Waals surface area contributed by atoms with Crippen LogP contribution in [0.15, 0.2) is 40.8 Å². The van der Waals surface area contributed by atoms with Crippen LogP contribution in [0, 0.1) is 0 Å². The van der Waals surface area contributed by atoms with Crippen molar-refractivity contribution >= 4 is 23.0 Å². The fraction of sp³-hybridized carbons (Fsp3) is 0. The Kier molecular flexibility index (Phi) is 3.22. The van der Waals surface area contributed by atoms with Crippen LogP contribution in [0.5, 0.6) is 0 Å². The topological polar surface area (TPSA) is 63.5 Å². The quantitative estimate of drug-likeness (QED) is 0.429. The monoisotopic (exact) mass is 195 g/mol. The standard InChI is InChI=1S/C8H9N3OS/c1-2-7(10-11-8(9)13)6-3-4-12-5-6/h2-5H,1H2,(H3,9,11,13)/b10-7+. The number of hydrazone groups is 1. The summed E-state index contributed by atoms with van der Waals surface area (Å²) in [5.41, 5.74) is 9.12. The molecule has 1 aromatic heterocycles. The molecule has 1 heterocycles. The molecule has 0 fully saturated rings. The van der Waals surface area contributed by atoms with Gasteiger partial charge in [-0.25, -0.2) is 0 Å². The Hall–Kier alpha value is -1.62. The van der Waals surface area contributed by atoms with E-state index in [2.05, 4.69) is 29.3 Å². The molecule has 0 radical (unpaired) electrons. The van der Waals surface area contributed by atoms with E-state index in [4.69, 9.17) is 10.2 Å².